The molecule has 0 radical (unpaired) electrons. The van der Waals surface area contributed by atoms with Crippen LogP contribution in [0.15, 0.2) is 40.2 Å². The average Bonchev–Trinajstić information content (AvgIpc) is 2.55. The van der Waals surface area contributed by atoms with Crippen molar-refractivity contribution < 1.29 is 9.53 Å². The van der Waals surface area contributed by atoms with E-state index in [2.05, 4.69) is 27.4 Å². The van der Waals surface area contributed by atoms with Crippen molar-refractivity contribution in [1.29, 1.82) is 0 Å². The summed E-state index contributed by atoms with van der Waals surface area (Å²) in [7, 11) is 0. The van der Waals surface area contributed by atoms with Gasteiger partial charge in [0.2, 0.25) is 0 Å². The Morgan fingerprint density at radius 1 is 1.38 bits per heavy atom. The first-order valence-electron chi connectivity index (χ1n) is 7.72. The van der Waals surface area contributed by atoms with E-state index in [0.29, 0.717) is 12.3 Å². The molecule has 0 saturated carbocycles. The van der Waals surface area contributed by atoms with Gasteiger partial charge in [-0.3, -0.25) is 4.79 Å². The lowest BCUT2D eigenvalue weighted by Gasteiger charge is -2.04. The second-order valence-corrected chi connectivity index (χ2v) is 5.22. The predicted octanol–water partition coefficient (Wildman–Crippen LogP) is 2.02. The highest BCUT2D eigenvalue weighted by Crippen LogP contribution is 2.11. The van der Waals surface area contributed by atoms with E-state index < -0.39 is 11.6 Å². The number of ether oxygens (including phenoxy) is 1. The van der Waals surface area contributed by atoms with E-state index in [4.69, 9.17) is 4.74 Å². The molecule has 0 aliphatic heterocycles. The van der Waals surface area contributed by atoms with Gasteiger partial charge in [-0.2, -0.15) is 10.1 Å². The summed E-state index contributed by atoms with van der Waals surface area (Å²) in [5, 5.41) is 3.86. The largest absolute Gasteiger partial charge is 0.494 e. The van der Waals surface area contributed by atoms with Gasteiger partial charge in [0.15, 0.2) is 0 Å². The third-order valence-electron chi connectivity index (χ3n) is 3.14. The molecule has 1 amide bonds. The predicted molar refractivity (Wildman–Crippen MR) is 91.5 cm³/mol. The second kappa shape index (κ2) is 8.61. The molecule has 126 valence electrons. The number of aromatic nitrogens is 2. The highest BCUT2D eigenvalue weighted by Gasteiger charge is 2.07. The van der Waals surface area contributed by atoms with Crippen molar-refractivity contribution in [2.24, 2.45) is 5.10 Å². The molecule has 1 aromatic carbocycles. The topological polar surface area (TPSA) is 96.4 Å². The average molecular weight is 328 g/mol. The molecule has 0 saturated heterocycles. The van der Waals surface area contributed by atoms with E-state index in [9.17, 15) is 9.59 Å². The number of rotatable bonds is 7. The molecule has 1 aromatic heterocycles. The van der Waals surface area contributed by atoms with Crippen LogP contribution in [0.3, 0.4) is 0 Å². The van der Waals surface area contributed by atoms with Gasteiger partial charge in [-0.1, -0.05) is 13.3 Å². The standard InChI is InChI=1S/C17H20N4O3/c1-3-4-9-24-14-7-5-13(6-8-14)11-18-21-16(22)15-10-12(2)19-17(23)20-15/h5-8,10-11H,3-4,9H2,1-2H3,(H,21,22)(H,19,20,23)/b18-11+. The van der Waals surface area contributed by atoms with E-state index in [1.165, 1.54) is 12.3 Å². The number of carbonyl (C=O) groups is 1. The molecule has 0 bridgehead atoms. The lowest BCUT2D eigenvalue weighted by Crippen LogP contribution is -2.24. The Morgan fingerprint density at radius 3 is 2.79 bits per heavy atom. The lowest BCUT2D eigenvalue weighted by molar-refractivity contribution is 0.0949. The highest BCUT2D eigenvalue weighted by molar-refractivity contribution is 5.93. The minimum Gasteiger partial charge on any atom is -0.494 e. The van der Waals surface area contributed by atoms with E-state index >= 15 is 0 Å². The molecule has 0 aliphatic rings. The summed E-state index contributed by atoms with van der Waals surface area (Å²) in [6.45, 7) is 4.48. The van der Waals surface area contributed by atoms with Gasteiger partial charge in [-0.05, 0) is 49.2 Å². The van der Waals surface area contributed by atoms with Crippen LogP contribution >= 0.6 is 0 Å². The van der Waals surface area contributed by atoms with Crippen LogP contribution in [0.25, 0.3) is 0 Å². The normalized spacial score (nSPS) is 10.8. The first-order valence-corrected chi connectivity index (χ1v) is 7.72. The molecule has 0 fully saturated rings. The summed E-state index contributed by atoms with van der Waals surface area (Å²) in [6, 6.07) is 8.86. The quantitative estimate of drug-likeness (QED) is 0.462. The molecule has 0 unspecified atom stereocenters. The number of benzene rings is 1. The number of carbonyl (C=O) groups excluding carboxylic acids is 1. The zero-order valence-electron chi connectivity index (χ0n) is 13.7. The number of unbranched alkanes of at least 4 members (excludes halogenated alkanes) is 1. The van der Waals surface area contributed by atoms with E-state index in [0.717, 1.165) is 24.2 Å². The highest BCUT2D eigenvalue weighted by atomic mass is 16.5. The summed E-state index contributed by atoms with van der Waals surface area (Å²) in [4.78, 5) is 29.2. The molecule has 24 heavy (non-hydrogen) atoms. The smallest absolute Gasteiger partial charge is 0.345 e. The molecule has 0 atom stereocenters. The molecular weight excluding hydrogens is 308 g/mol. The van der Waals surface area contributed by atoms with Gasteiger partial charge in [0.05, 0.1) is 12.8 Å². The summed E-state index contributed by atoms with van der Waals surface area (Å²) in [5.41, 5.74) is 3.17. The number of amides is 1. The Balaban J connectivity index is 1.91. The third kappa shape index (κ3) is 5.35. The maximum Gasteiger partial charge on any atom is 0.345 e. The van der Waals surface area contributed by atoms with Gasteiger partial charge < -0.3 is 9.72 Å². The Kier molecular flexibility index (Phi) is 6.24. The van der Waals surface area contributed by atoms with Crippen LogP contribution in [0.2, 0.25) is 0 Å². The molecule has 7 nitrogen and oxygen atoms in total. The van der Waals surface area contributed by atoms with Gasteiger partial charge in [0.25, 0.3) is 5.91 Å². The van der Waals surface area contributed by atoms with E-state index in [1.807, 2.05) is 24.3 Å². The Bertz CT molecular complexity index is 766. The van der Waals surface area contributed by atoms with Crippen LogP contribution in [0.4, 0.5) is 0 Å². The Labute approximate surface area is 139 Å². The van der Waals surface area contributed by atoms with Crippen LogP contribution in [0, 0.1) is 6.92 Å². The van der Waals surface area contributed by atoms with Gasteiger partial charge in [-0.25, -0.2) is 10.2 Å². The second-order valence-electron chi connectivity index (χ2n) is 5.22. The SMILES string of the molecule is CCCCOc1ccc(/C=N/NC(=O)c2cc(C)[nH]c(=O)n2)cc1. The summed E-state index contributed by atoms with van der Waals surface area (Å²) in [6.07, 6.45) is 3.62. The molecule has 2 aromatic rings. The zero-order chi connectivity index (χ0) is 17.4. The van der Waals surface area contributed by atoms with Crippen LogP contribution in [0.1, 0.15) is 41.5 Å². The first kappa shape index (κ1) is 17.4. The number of hydrogen-bond donors (Lipinski definition) is 2. The van der Waals surface area contributed by atoms with Crippen LogP contribution in [-0.2, 0) is 0 Å². The van der Waals surface area contributed by atoms with Gasteiger partial charge >= 0.3 is 5.69 Å². The number of H-pyrrole nitrogens is 1. The molecular formula is C17H20N4O3. The van der Waals surface area contributed by atoms with Gasteiger partial charge in [0, 0.05) is 5.69 Å². The number of hydrogen-bond acceptors (Lipinski definition) is 5. The Morgan fingerprint density at radius 2 is 2.12 bits per heavy atom. The van der Waals surface area contributed by atoms with Gasteiger partial charge in [-0.15, -0.1) is 0 Å². The van der Waals surface area contributed by atoms with Crippen molar-refractivity contribution in [2.45, 2.75) is 26.7 Å². The van der Waals surface area contributed by atoms with E-state index in [-0.39, 0.29) is 5.69 Å². The summed E-state index contributed by atoms with van der Waals surface area (Å²) in [5.74, 6) is 0.257. The van der Waals surface area contributed by atoms with Crippen molar-refractivity contribution in [3.63, 3.8) is 0 Å². The number of aromatic amines is 1. The number of aryl methyl sites for hydroxylation is 1. The number of nitrogens with zero attached hydrogens (tertiary/aromatic N) is 2. The zero-order valence-corrected chi connectivity index (χ0v) is 13.7. The minimum absolute atomic E-state index is 0.0214. The maximum absolute atomic E-state index is 11.9. The molecule has 0 spiro atoms. The third-order valence-corrected chi connectivity index (χ3v) is 3.14. The van der Waals surface area contributed by atoms with Crippen LogP contribution < -0.4 is 15.9 Å². The fourth-order valence-electron chi connectivity index (χ4n) is 1.90. The fourth-order valence-corrected chi connectivity index (χ4v) is 1.90. The van der Waals surface area contributed by atoms with Crippen molar-refractivity contribution in [1.82, 2.24) is 15.4 Å². The Hall–Kier alpha value is -2.96. The summed E-state index contributed by atoms with van der Waals surface area (Å²) < 4.78 is 5.57. The molecule has 0 aliphatic carbocycles. The van der Waals surface area contributed by atoms with Gasteiger partial charge in [0.1, 0.15) is 11.4 Å². The fraction of sp³-hybridized carbons (Fsp3) is 0.294. The van der Waals surface area contributed by atoms with Crippen molar-refractivity contribution >= 4 is 12.1 Å². The van der Waals surface area contributed by atoms with Crippen molar-refractivity contribution in [2.75, 3.05) is 6.61 Å². The number of hydrazone groups is 1. The van der Waals surface area contributed by atoms with Crippen LogP contribution in [0.5, 0.6) is 5.75 Å². The first-order chi connectivity index (χ1) is 11.6. The van der Waals surface area contributed by atoms with Crippen molar-refractivity contribution in [3.05, 3.63) is 57.8 Å². The van der Waals surface area contributed by atoms with Crippen molar-refractivity contribution in [3.8, 4) is 5.75 Å². The molecule has 2 rings (SSSR count). The van der Waals surface area contributed by atoms with E-state index in [1.54, 1.807) is 6.92 Å². The van der Waals surface area contributed by atoms with Crippen LogP contribution in [-0.4, -0.2) is 28.7 Å². The molecule has 7 heteroatoms. The molecule has 2 N–H and O–H groups in total. The number of nitrogens with one attached hydrogen (secondary N) is 2. The monoisotopic (exact) mass is 328 g/mol. The maximum atomic E-state index is 11.9. The lowest BCUT2D eigenvalue weighted by atomic mass is 10.2. The summed E-state index contributed by atoms with van der Waals surface area (Å²) >= 11 is 0. The molecule has 1 heterocycles. The minimum atomic E-state index is -0.567.